The number of halogens is 3. The van der Waals surface area contributed by atoms with Crippen molar-refractivity contribution in [1.82, 2.24) is 0 Å². The normalized spacial score (nSPS) is 11.7. The van der Waals surface area contributed by atoms with E-state index < -0.39 is 34.1 Å². The molecular formula is C17H10F3N2O5-. The van der Waals surface area contributed by atoms with Gasteiger partial charge in [-0.3, -0.25) is 14.9 Å². The van der Waals surface area contributed by atoms with Crippen LogP contribution in [0.3, 0.4) is 0 Å². The van der Waals surface area contributed by atoms with Gasteiger partial charge in [-0.25, -0.2) is 0 Å². The molecule has 7 nitrogen and oxygen atoms in total. The van der Waals surface area contributed by atoms with Gasteiger partial charge in [0.15, 0.2) is 5.78 Å². The fraction of sp³-hybridized carbons (Fsp3) is 0.0588. The van der Waals surface area contributed by atoms with Crippen LogP contribution in [0.5, 0.6) is 0 Å². The number of rotatable bonds is 6. The van der Waals surface area contributed by atoms with Crippen molar-refractivity contribution in [2.75, 3.05) is 5.32 Å². The number of non-ortho nitro benzene ring substituents is 1. The van der Waals surface area contributed by atoms with Crippen LogP contribution in [-0.4, -0.2) is 16.7 Å². The maximum Gasteiger partial charge on any atom is 0.416 e. The predicted molar refractivity (Wildman–Crippen MR) is 85.6 cm³/mol. The number of aliphatic carboxylic acids is 1. The summed E-state index contributed by atoms with van der Waals surface area (Å²) in [6, 6.07) is 8.07. The minimum absolute atomic E-state index is 0.0507. The summed E-state index contributed by atoms with van der Waals surface area (Å²) in [6.45, 7) is 0. The van der Waals surface area contributed by atoms with Gasteiger partial charge in [0.1, 0.15) is 0 Å². The number of carboxylic acid groups (broad SMARTS) is 1. The average Bonchev–Trinajstić information content (AvgIpc) is 2.60. The molecule has 140 valence electrons. The van der Waals surface area contributed by atoms with Crippen molar-refractivity contribution in [3.63, 3.8) is 0 Å². The van der Waals surface area contributed by atoms with Gasteiger partial charge in [0.2, 0.25) is 0 Å². The van der Waals surface area contributed by atoms with Crippen molar-refractivity contribution < 1.29 is 32.8 Å². The minimum Gasteiger partial charge on any atom is -0.543 e. The predicted octanol–water partition coefficient (Wildman–Crippen LogP) is 2.54. The second kappa shape index (κ2) is 7.68. The number of hydrogen-bond donors (Lipinski definition) is 1. The van der Waals surface area contributed by atoms with Gasteiger partial charge in [-0.05, 0) is 30.3 Å². The van der Waals surface area contributed by atoms with Crippen LogP contribution in [0.15, 0.2) is 60.3 Å². The first kappa shape index (κ1) is 19.6. The largest absolute Gasteiger partial charge is 0.543 e. The Balaban J connectivity index is 2.28. The molecule has 0 saturated carbocycles. The Morgan fingerprint density at radius 2 is 1.70 bits per heavy atom. The van der Waals surface area contributed by atoms with E-state index in [0.717, 1.165) is 36.4 Å². The van der Waals surface area contributed by atoms with Crippen LogP contribution in [-0.2, 0) is 11.0 Å². The van der Waals surface area contributed by atoms with Crippen LogP contribution >= 0.6 is 0 Å². The van der Waals surface area contributed by atoms with Crippen LogP contribution in [0.4, 0.5) is 24.5 Å². The lowest BCUT2D eigenvalue weighted by Crippen LogP contribution is -2.29. The standard InChI is InChI=1S/C17H11F3N2O5/c18-17(19,20)11-2-1-3-12(8-11)21-14(16(24)25)9-15(23)10-4-6-13(7-5-10)22(26)27/h1-9,21H,(H,24,25)/p-1/b14-9-. The summed E-state index contributed by atoms with van der Waals surface area (Å²) >= 11 is 0. The zero-order valence-electron chi connectivity index (χ0n) is 13.3. The molecule has 0 aromatic heterocycles. The van der Waals surface area contributed by atoms with E-state index in [2.05, 4.69) is 5.32 Å². The van der Waals surface area contributed by atoms with Crippen molar-refractivity contribution in [1.29, 1.82) is 0 Å². The zero-order chi connectivity index (χ0) is 20.2. The summed E-state index contributed by atoms with van der Waals surface area (Å²) in [6.07, 6.45) is -4.01. The van der Waals surface area contributed by atoms with E-state index in [1.807, 2.05) is 0 Å². The number of nitro groups is 1. The Morgan fingerprint density at radius 1 is 1.07 bits per heavy atom. The number of benzene rings is 2. The zero-order valence-corrected chi connectivity index (χ0v) is 13.3. The van der Waals surface area contributed by atoms with E-state index in [1.165, 1.54) is 6.07 Å². The first-order valence-electron chi connectivity index (χ1n) is 7.24. The number of carbonyl (C=O) groups excluding carboxylic acids is 2. The van der Waals surface area contributed by atoms with E-state index >= 15 is 0 Å². The number of nitrogens with one attached hydrogen (secondary N) is 1. The third kappa shape index (κ3) is 5.14. The number of allylic oxidation sites excluding steroid dienone is 1. The quantitative estimate of drug-likeness (QED) is 0.357. The monoisotopic (exact) mass is 379 g/mol. The maximum absolute atomic E-state index is 12.7. The van der Waals surface area contributed by atoms with E-state index in [0.29, 0.717) is 12.1 Å². The van der Waals surface area contributed by atoms with Crippen molar-refractivity contribution in [2.24, 2.45) is 0 Å². The van der Waals surface area contributed by atoms with Crippen LogP contribution in [0.1, 0.15) is 15.9 Å². The van der Waals surface area contributed by atoms with Gasteiger partial charge in [-0.2, -0.15) is 13.2 Å². The summed E-state index contributed by atoms with van der Waals surface area (Å²) in [5.74, 6) is -2.65. The summed E-state index contributed by atoms with van der Waals surface area (Å²) in [5.41, 5.74) is -2.30. The molecule has 0 heterocycles. The molecule has 0 saturated heterocycles. The molecule has 0 bridgehead atoms. The Bertz CT molecular complexity index is 921. The number of ketones is 1. The fourth-order valence-electron chi connectivity index (χ4n) is 2.04. The number of nitrogens with zero attached hydrogens (tertiary/aromatic N) is 1. The minimum atomic E-state index is -4.63. The van der Waals surface area contributed by atoms with E-state index in [9.17, 15) is 38.0 Å². The van der Waals surface area contributed by atoms with Crippen LogP contribution in [0, 0.1) is 10.1 Å². The maximum atomic E-state index is 12.7. The summed E-state index contributed by atoms with van der Waals surface area (Å²) < 4.78 is 38.1. The Kier molecular flexibility index (Phi) is 5.59. The van der Waals surface area contributed by atoms with Gasteiger partial charge in [0.05, 0.1) is 22.2 Å². The summed E-state index contributed by atoms with van der Waals surface area (Å²) in [7, 11) is 0. The number of carboxylic acids is 1. The number of alkyl halides is 3. The van der Waals surface area contributed by atoms with E-state index in [1.54, 1.807) is 0 Å². The van der Waals surface area contributed by atoms with Crippen molar-refractivity contribution in [3.05, 3.63) is 81.5 Å². The highest BCUT2D eigenvalue weighted by Crippen LogP contribution is 2.30. The summed E-state index contributed by atoms with van der Waals surface area (Å²) in [5, 5.41) is 24.0. The second-order valence-corrected chi connectivity index (χ2v) is 5.22. The molecule has 2 aromatic rings. The molecule has 1 N–H and O–H groups in total. The number of carbonyl (C=O) groups is 2. The molecule has 2 rings (SSSR count). The van der Waals surface area contributed by atoms with E-state index in [4.69, 9.17) is 0 Å². The molecule has 0 unspecified atom stereocenters. The lowest BCUT2D eigenvalue weighted by Gasteiger charge is -2.14. The smallest absolute Gasteiger partial charge is 0.416 e. The number of nitro benzene ring substituents is 1. The molecule has 10 heteroatoms. The molecule has 0 aliphatic heterocycles. The SMILES string of the molecule is O=C([O-])/C(=C/C(=O)c1ccc([N+](=O)[O-])cc1)Nc1cccc(C(F)(F)F)c1. The van der Waals surface area contributed by atoms with E-state index in [-0.39, 0.29) is 16.9 Å². The Morgan fingerprint density at radius 3 is 2.22 bits per heavy atom. The third-order valence-corrected chi connectivity index (χ3v) is 3.33. The fourth-order valence-corrected chi connectivity index (χ4v) is 2.04. The molecule has 0 aliphatic carbocycles. The lowest BCUT2D eigenvalue weighted by atomic mass is 10.1. The molecule has 0 spiro atoms. The van der Waals surface area contributed by atoms with Gasteiger partial charge >= 0.3 is 6.18 Å². The Hall–Kier alpha value is -3.69. The van der Waals surface area contributed by atoms with Gasteiger partial charge in [-0.15, -0.1) is 0 Å². The van der Waals surface area contributed by atoms with Gasteiger partial charge < -0.3 is 15.2 Å². The van der Waals surface area contributed by atoms with Crippen molar-refractivity contribution >= 4 is 23.1 Å². The molecule has 0 amide bonds. The van der Waals surface area contributed by atoms with Crippen LogP contribution in [0.2, 0.25) is 0 Å². The topological polar surface area (TPSA) is 112 Å². The van der Waals surface area contributed by atoms with Crippen molar-refractivity contribution in [3.8, 4) is 0 Å². The molecular weight excluding hydrogens is 369 g/mol. The lowest BCUT2D eigenvalue weighted by molar-refractivity contribution is -0.384. The second-order valence-electron chi connectivity index (χ2n) is 5.22. The molecule has 0 radical (unpaired) electrons. The van der Waals surface area contributed by atoms with Gasteiger partial charge in [0.25, 0.3) is 5.69 Å². The average molecular weight is 379 g/mol. The molecule has 0 atom stereocenters. The Labute approximate surface area is 149 Å². The highest BCUT2D eigenvalue weighted by atomic mass is 19.4. The highest BCUT2D eigenvalue weighted by Gasteiger charge is 2.30. The first-order valence-corrected chi connectivity index (χ1v) is 7.24. The van der Waals surface area contributed by atoms with Gasteiger partial charge in [-0.1, -0.05) is 6.07 Å². The van der Waals surface area contributed by atoms with Crippen molar-refractivity contribution in [2.45, 2.75) is 6.18 Å². The molecule has 2 aromatic carbocycles. The third-order valence-electron chi connectivity index (χ3n) is 3.33. The van der Waals surface area contributed by atoms with Crippen LogP contribution in [0.25, 0.3) is 0 Å². The number of hydrogen-bond acceptors (Lipinski definition) is 6. The molecule has 0 aliphatic rings. The molecule has 0 fully saturated rings. The molecule has 27 heavy (non-hydrogen) atoms. The number of anilines is 1. The highest BCUT2D eigenvalue weighted by molar-refractivity contribution is 6.09. The van der Waals surface area contributed by atoms with Gasteiger partial charge in [0, 0.05) is 29.5 Å². The van der Waals surface area contributed by atoms with Crippen LogP contribution < -0.4 is 10.4 Å². The first-order chi connectivity index (χ1) is 12.6. The summed E-state index contributed by atoms with van der Waals surface area (Å²) in [4.78, 5) is 33.2.